The van der Waals surface area contributed by atoms with Gasteiger partial charge in [0, 0.05) is 19.3 Å². The molecule has 0 rings (SSSR count). The van der Waals surface area contributed by atoms with Crippen LogP contribution in [0.15, 0.2) is 12.2 Å². The number of esters is 1. The highest BCUT2D eigenvalue weighted by Crippen LogP contribution is 2.61. The van der Waals surface area contributed by atoms with Crippen molar-refractivity contribution < 1.29 is 26.5 Å². The van der Waals surface area contributed by atoms with Crippen LogP contribution < -0.4 is 17.0 Å². The van der Waals surface area contributed by atoms with E-state index < -0.39 is 7.26 Å². The van der Waals surface area contributed by atoms with E-state index >= 15 is 0 Å². The summed E-state index contributed by atoms with van der Waals surface area (Å²) in [7, 11) is -0.843. The lowest BCUT2D eigenvalue weighted by Gasteiger charge is -2.28. The van der Waals surface area contributed by atoms with E-state index in [0.29, 0.717) is 12.2 Å². The number of carbonyl (C=O) groups excluding carboxylic acids is 1. The largest absolute Gasteiger partial charge is 1.00 e. The fraction of sp³-hybridized carbons (Fsp3) is 0.842. The number of unbranched alkanes of at least 4 members (excludes halogenated alkanes) is 3. The maximum atomic E-state index is 11.5. The van der Waals surface area contributed by atoms with Gasteiger partial charge in [-0.15, -0.1) is 0 Å². The number of hydrogen-bond acceptors (Lipinski definition) is 2. The van der Waals surface area contributed by atoms with Gasteiger partial charge in [0.1, 0.15) is 0 Å². The molecule has 0 amide bonds. The number of rotatable bonds is 14. The van der Waals surface area contributed by atoms with Gasteiger partial charge in [-0.05, 0) is 26.2 Å². The standard InChI is InChI=1S/C19H38O2P.BrH/c1-6-9-14-22(15-10-7-2,16-11-8-3)17-12-13-21-19(20)18(4)5;/h4,6-17H2,1-3,5H3;1H/q+1;/p-1. The van der Waals surface area contributed by atoms with Gasteiger partial charge < -0.3 is 21.7 Å². The summed E-state index contributed by atoms with van der Waals surface area (Å²) in [5.41, 5.74) is 0.504. The Labute approximate surface area is 155 Å². The summed E-state index contributed by atoms with van der Waals surface area (Å²) in [5.74, 6) is -0.236. The molecule has 0 aliphatic rings. The molecule has 138 valence electrons. The van der Waals surface area contributed by atoms with Gasteiger partial charge >= 0.3 is 5.97 Å². The van der Waals surface area contributed by atoms with Gasteiger partial charge in [-0.2, -0.15) is 0 Å². The Kier molecular flexibility index (Phi) is 17.2. The fourth-order valence-corrected chi connectivity index (χ4v) is 7.94. The van der Waals surface area contributed by atoms with Crippen LogP contribution in [0.5, 0.6) is 0 Å². The van der Waals surface area contributed by atoms with Crippen LogP contribution in [0.3, 0.4) is 0 Å². The highest BCUT2D eigenvalue weighted by atomic mass is 79.9. The first-order valence-electron chi connectivity index (χ1n) is 9.19. The van der Waals surface area contributed by atoms with E-state index in [4.69, 9.17) is 4.74 Å². The van der Waals surface area contributed by atoms with Gasteiger partial charge in [-0.3, -0.25) is 0 Å². The maximum Gasteiger partial charge on any atom is 0.333 e. The molecule has 0 saturated carbocycles. The van der Waals surface area contributed by atoms with Crippen LogP contribution in [-0.4, -0.2) is 37.2 Å². The Bertz CT molecular complexity index is 297. The minimum absolute atomic E-state index is 0. The molecule has 0 aliphatic heterocycles. The van der Waals surface area contributed by atoms with Crippen molar-refractivity contribution in [3.05, 3.63) is 12.2 Å². The lowest BCUT2D eigenvalue weighted by Crippen LogP contribution is -3.00. The van der Waals surface area contributed by atoms with Crippen molar-refractivity contribution in [3.8, 4) is 0 Å². The zero-order valence-electron chi connectivity index (χ0n) is 15.8. The van der Waals surface area contributed by atoms with E-state index in [2.05, 4.69) is 27.4 Å². The molecular formula is C19H38BrO2P. The topological polar surface area (TPSA) is 26.3 Å². The first kappa shape index (κ1) is 25.4. The Morgan fingerprint density at radius 1 is 0.870 bits per heavy atom. The summed E-state index contributed by atoms with van der Waals surface area (Å²) in [6.07, 6.45) is 14.7. The maximum absolute atomic E-state index is 11.5. The lowest BCUT2D eigenvalue weighted by atomic mass is 10.4. The molecule has 0 aromatic carbocycles. The molecule has 0 atom stereocenters. The van der Waals surface area contributed by atoms with Gasteiger partial charge in [0.15, 0.2) is 0 Å². The predicted octanol–water partition coefficient (Wildman–Crippen LogP) is 2.92. The first-order valence-corrected chi connectivity index (χ1v) is 11.7. The summed E-state index contributed by atoms with van der Waals surface area (Å²) in [5, 5.41) is 0. The molecule has 23 heavy (non-hydrogen) atoms. The second kappa shape index (κ2) is 15.6. The van der Waals surface area contributed by atoms with Crippen molar-refractivity contribution in [3.63, 3.8) is 0 Å². The molecule has 0 spiro atoms. The molecule has 0 unspecified atom stereocenters. The summed E-state index contributed by atoms with van der Waals surface area (Å²) >= 11 is 0. The zero-order chi connectivity index (χ0) is 16.8. The molecule has 0 heterocycles. The van der Waals surface area contributed by atoms with Crippen molar-refractivity contribution in [2.24, 2.45) is 0 Å². The molecule has 0 aromatic heterocycles. The quantitative estimate of drug-likeness (QED) is 0.191. The van der Waals surface area contributed by atoms with Gasteiger partial charge in [-0.25, -0.2) is 4.79 Å². The first-order chi connectivity index (χ1) is 10.5. The summed E-state index contributed by atoms with van der Waals surface area (Å²) in [4.78, 5) is 11.5. The summed E-state index contributed by atoms with van der Waals surface area (Å²) in [6.45, 7) is 12.8. The molecule has 0 fully saturated rings. The second-order valence-electron chi connectivity index (χ2n) is 6.57. The highest BCUT2D eigenvalue weighted by Gasteiger charge is 2.34. The minimum Gasteiger partial charge on any atom is -1.00 e. The van der Waals surface area contributed by atoms with Crippen LogP contribution in [0.4, 0.5) is 0 Å². The Balaban J connectivity index is 0. The normalized spacial score (nSPS) is 11.0. The molecule has 0 saturated heterocycles. The smallest absolute Gasteiger partial charge is 0.333 e. The number of carbonyl (C=O) groups is 1. The van der Waals surface area contributed by atoms with Crippen LogP contribution in [0.2, 0.25) is 0 Å². The van der Waals surface area contributed by atoms with Gasteiger partial charge in [-0.1, -0.05) is 46.6 Å². The minimum atomic E-state index is -0.843. The van der Waals surface area contributed by atoms with Gasteiger partial charge in [0.2, 0.25) is 0 Å². The Morgan fingerprint density at radius 2 is 1.26 bits per heavy atom. The third kappa shape index (κ3) is 12.2. The summed E-state index contributed by atoms with van der Waals surface area (Å²) in [6, 6.07) is 0. The van der Waals surface area contributed by atoms with Gasteiger partial charge in [0.25, 0.3) is 0 Å². The third-order valence-corrected chi connectivity index (χ3v) is 9.38. The van der Waals surface area contributed by atoms with Crippen LogP contribution >= 0.6 is 7.26 Å². The average molecular weight is 409 g/mol. The van der Waals surface area contributed by atoms with E-state index in [-0.39, 0.29) is 23.0 Å². The molecule has 4 heteroatoms. The third-order valence-electron chi connectivity index (χ3n) is 4.32. The zero-order valence-corrected chi connectivity index (χ0v) is 18.3. The average Bonchev–Trinajstić information content (AvgIpc) is 2.52. The van der Waals surface area contributed by atoms with Crippen molar-refractivity contribution >= 4 is 13.2 Å². The van der Waals surface area contributed by atoms with E-state index in [1.807, 2.05) is 0 Å². The number of hydrogen-bond donors (Lipinski definition) is 0. The molecule has 0 bridgehead atoms. The molecular weight excluding hydrogens is 371 g/mol. The van der Waals surface area contributed by atoms with Crippen LogP contribution in [-0.2, 0) is 9.53 Å². The van der Waals surface area contributed by atoms with E-state index in [9.17, 15) is 4.79 Å². The Hall–Kier alpha value is 0.120. The molecule has 0 radical (unpaired) electrons. The van der Waals surface area contributed by atoms with Crippen molar-refractivity contribution in [1.82, 2.24) is 0 Å². The highest BCUT2D eigenvalue weighted by molar-refractivity contribution is 7.75. The van der Waals surface area contributed by atoms with Gasteiger partial charge in [0.05, 0.1) is 31.3 Å². The van der Waals surface area contributed by atoms with Crippen molar-refractivity contribution in [2.75, 3.05) is 31.3 Å². The van der Waals surface area contributed by atoms with E-state index in [0.717, 1.165) is 6.42 Å². The second-order valence-corrected chi connectivity index (χ2v) is 11.0. The monoisotopic (exact) mass is 408 g/mol. The molecule has 0 aliphatic carbocycles. The summed E-state index contributed by atoms with van der Waals surface area (Å²) < 4.78 is 5.29. The van der Waals surface area contributed by atoms with Crippen molar-refractivity contribution in [1.29, 1.82) is 0 Å². The number of halogens is 1. The van der Waals surface area contributed by atoms with Crippen LogP contribution in [0.25, 0.3) is 0 Å². The SMILES string of the molecule is C=C(C)C(=O)OCCC[P+](CCCC)(CCCC)CCCC.[Br-]. The van der Waals surface area contributed by atoms with E-state index in [1.165, 1.54) is 63.2 Å². The molecule has 0 aromatic rings. The molecule has 0 N–H and O–H groups in total. The lowest BCUT2D eigenvalue weighted by molar-refractivity contribution is -0.138. The molecule has 2 nitrogen and oxygen atoms in total. The fourth-order valence-electron chi connectivity index (χ4n) is 2.84. The number of ether oxygens (including phenoxy) is 1. The van der Waals surface area contributed by atoms with Crippen LogP contribution in [0.1, 0.15) is 72.6 Å². The Morgan fingerprint density at radius 3 is 1.61 bits per heavy atom. The predicted molar refractivity (Wildman–Crippen MR) is 102 cm³/mol. The van der Waals surface area contributed by atoms with Crippen LogP contribution in [0, 0.1) is 0 Å². The van der Waals surface area contributed by atoms with E-state index in [1.54, 1.807) is 6.92 Å². The van der Waals surface area contributed by atoms with Crippen molar-refractivity contribution in [2.45, 2.75) is 72.6 Å².